The molecule has 2 aromatic heterocycles. The maximum atomic E-state index is 12.2. The van der Waals surface area contributed by atoms with Gasteiger partial charge in [0.25, 0.3) is 5.89 Å². The van der Waals surface area contributed by atoms with Crippen LogP contribution in [0.4, 0.5) is 10.6 Å². The van der Waals surface area contributed by atoms with Crippen molar-refractivity contribution >= 4 is 11.9 Å². The first-order chi connectivity index (χ1) is 12.3. The molecule has 0 N–H and O–H groups in total. The van der Waals surface area contributed by atoms with Gasteiger partial charge in [-0.05, 0) is 24.5 Å². The maximum absolute atomic E-state index is 12.2. The van der Waals surface area contributed by atoms with Crippen LogP contribution in [0.3, 0.4) is 0 Å². The van der Waals surface area contributed by atoms with E-state index in [2.05, 4.69) is 20.0 Å². The van der Waals surface area contributed by atoms with E-state index in [-0.39, 0.29) is 11.5 Å². The molecule has 0 unspecified atom stereocenters. The normalized spacial score (nSPS) is 15.2. The molecule has 8 heteroatoms. The number of ether oxygens (including phenoxy) is 1. The number of nitrogens with zero attached hydrogens (tertiary/aromatic N) is 5. The number of carbonyl (C=O) groups is 1. The van der Waals surface area contributed by atoms with Crippen LogP contribution in [0.2, 0.25) is 0 Å². The maximum Gasteiger partial charge on any atom is 0.409 e. The van der Waals surface area contributed by atoms with Crippen LogP contribution in [0.5, 0.6) is 0 Å². The zero-order valence-corrected chi connectivity index (χ0v) is 15.7. The SMILES string of the molecule is Cc1noc(-c2ccnc(N3CCN(C(=O)OCC(C)(C)C)CC3)c2)n1. The Labute approximate surface area is 153 Å². The van der Waals surface area contributed by atoms with Gasteiger partial charge in [-0.15, -0.1) is 0 Å². The predicted octanol–water partition coefficient (Wildman–Crippen LogP) is 2.74. The molecule has 0 saturated carbocycles. The third kappa shape index (κ3) is 4.50. The fourth-order valence-electron chi connectivity index (χ4n) is 2.63. The second-order valence-corrected chi connectivity index (χ2v) is 7.64. The first-order valence-electron chi connectivity index (χ1n) is 8.75. The molecule has 0 bridgehead atoms. The fourth-order valence-corrected chi connectivity index (χ4v) is 2.63. The molecular weight excluding hydrogens is 334 g/mol. The quantitative estimate of drug-likeness (QED) is 0.833. The van der Waals surface area contributed by atoms with Crippen LogP contribution in [0.1, 0.15) is 26.6 Å². The van der Waals surface area contributed by atoms with Crippen molar-refractivity contribution in [3.8, 4) is 11.5 Å². The molecule has 0 atom stereocenters. The van der Waals surface area contributed by atoms with Gasteiger partial charge in [0, 0.05) is 37.9 Å². The minimum atomic E-state index is -0.248. The first-order valence-corrected chi connectivity index (χ1v) is 8.75. The van der Waals surface area contributed by atoms with Crippen molar-refractivity contribution in [2.75, 3.05) is 37.7 Å². The molecule has 2 aromatic rings. The molecule has 3 heterocycles. The molecule has 1 fully saturated rings. The minimum absolute atomic E-state index is 0.0328. The highest BCUT2D eigenvalue weighted by atomic mass is 16.6. The van der Waals surface area contributed by atoms with E-state index in [1.54, 1.807) is 18.0 Å². The van der Waals surface area contributed by atoms with Gasteiger partial charge in [-0.1, -0.05) is 25.9 Å². The number of hydrogen-bond acceptors (Lipinski definition) is 7. The molecule has 0 radical (unpaired) electrons. The summed E-state index contributed by atoms with van der Waals surface area (Å²) in [5.41, 5.74) is 0.803. The predicted molar refractivity (Wildman–Crippen MR) is 96.9 cm³/mol. The molecule has 140 valence electrons. The summed E-state index contributed by atoms with van der Waals surface area (Å²) in [4.78, 5) is 24.7. The lowest BCUT2D eigenvalue weighted by molar-refractivity contribution is 0.0707. The Balaban J connectivity index is 1.59. The third-order valence-electron chi connectivity index (χ3n) is 4.01. The second-order valence-electron chi connectivity index (χ2n) is 7.64. The van der Waals surface area contributed by atoms with Crippen molar-refractivity contribution in [2.45, 2.75) is 27.7 Å². The largest absolute Gasteiger partial charge is 0.449 e. The standard InChI is InChI=1S/C18H25N5O3/c1-13-20-16(26-21-13)14-5-6-19-15(11-14)22-7-9-23(10-8-22)17(24)25-12-18(2,3)4/h5-6,11H,7-10,12H2,1-4H3. The van der Waals surface area contributed by atoms with Crippen molar-refractivity contribution in [3.63, 3.8) is 0 Å². The van der Waals surface area contributed by atoms with E-state index in [0.717, 1.165) is 11.4 Å². The van der Waals surface area contributed by atoms with Crippen LogP contribution in [-0.4, -0.2) is 58.9 Å². The zero-order valence-electron chi connectivity index (χ0n) is 15.7. The molecule has 1 amide bonds. The molecule has 8 nitrogen and oxygen atoms in total. The fraction of sp³-hybridized carbons (Fsp3) is 0.556. The number of pyridine rings is 1. The van der Waals surface area contributed by atoms with E-state index >= 15 is 0 Å². The second kappa shape index (κ2) is 7.31. The molecule has 0 spiro atoms. The molecule has 26 heavy (non-hydrogen) atoms. The smallest absolute Gasteiger partial charge is 0.409 e. The summed E-state index contributed by atoms with van der Waals surface area (Å²) < 4.78 is 10.6. The highest BCUT2D eigenvalue weighted by Gasteiger charge is 2.24. The summed E-state index contributed by atoms with van der Waals surface area (Å²) in [5.74, 6) is 1.91. The Morgan fingerprint density at radius 2 is 2.00 bits per heavy atom. The van der Waals surface area contributed by atoms with Gasteiger partial charge in [-0.3, -0.25) is 0 Å². The highest BCUT2D eigenvalue weighted by Crippen LogP contribution is 2.22. The van der Waals surface area contributed by atoms with Gasteiger partial charge in [0.15, 0.2) is 5.82 Å². The molecule has 0 aromatic carbocycles. The summed E-state index contributed by atoms with van der Waals surface area (Å²) in [6.45, 7) is 10.9. The van der Waals surface area contributed by atoms with Gasteiger partial charge in [0.2, 0.25) is 0 Å². The van der Waals surface area contributed by atoms with Crippen LogP contribution in [0, 0.1) is 12.3 Å². The summed E-state index contributed by atoms with van der Waals surface area (Å²) in [6, 6.07) is 3.77. The summed E-state index contributed by atoms with van der Waals surface area (Å²) in [6.07, 6.45) is 1.48. The molecule has 0 aliphatic carbocycles. The van der Waals surface area contributed by atoms with Gasteiger partial charge >= 0.3 is 6.09 Å². The van der Waals surface area contributed by atoms with Crippen LogP contribution in [-0.2, 0) is 4.74 Å². The molecule has 1 aliphatic rings. The minimum Gasteiger partial charge on any atom is -0.449 e. The number of hydrogen-bond donors (Lipinski definition) is 0. The Morgan fingerprint density at radius 1 is 1.27 bits per heavy atom. The van der Waals surface area contributed by atoms with Crippen LogP contribution in [0.25, 0.3) is 11.5 Å². The highest BCUT2D eigenvalue weighted by molar-refractivity contribution is 5.68. The van der Waals surface area contributed by atoms with Gasteiger partial charge in [-0.25, -0.2) is 9.78 Å². The van der Waals surface area contributed by atoms with Crippen LogP contribution < -0.4 is 4.90 Å². The van der Waals surface area contributed by atoms with E-state index in [1.807, 2.05) is 32.9 Å². The summed E-state index contributed by atoms with van der Waals surface area (Å²) in [5, 5.41) is 3.82. The van der Waals surface area contributed by atoms with Crippen molar-refractivity contribution < 1.29 is 14.1 Å². The monoisotopic (exact) mass is 359 g/mol. The van der Waals surface area contributed by atoms with Gasteiger partial charge in [0.1, 0.15) is 5.82 Å². The number of aryl methyl sites for hydroxylation is 1. The van der Waals surface area contributed by atoms with E-state index < -0.39 is 0 Å². The topological polar surface area (TPSA) is 84.6 Å². The van der Waals surface area contributed by atoms with Crippen molar-refractivity contribution in [3.05, 3.63) is 24.2 Å². The number of amides is 1. The Kier molecular flexibility index (Phi) is 5.11. The Morgan fingerprint density at radius 3 is 2.62 bits per heavy atom. The zero-order chi connectivity index (χ0) is 18.7. The van der Waals surface area contributed by atoms with Crippen molar-refractivity contribution in [1.29, 1.82) is 0 Å². The summed E-state index contributed by atoms with van der Waals surface area (Å²) >= 11 is 0. The van der Waals surface area contributed by atoms with Gasteiger partial charge in [0.05, 0.1) is 6.61 Å². The Hall–Kier alpha value is -2.64. The van der Waals surface area contributed by atoms with E-state index in [9.17, 15) is 4.79 Å². The van der Waals surface area contributed by atoms with Crippen LogP contribution in [0.15, 0.2) is 22.9 Å². The Bertz CT molecular complexity index is 760. The average Bonchev–Trinajstić information content (AvgIpc) is 3.06. The number of rotatable bonds is 3. The lowest BCUT2D eigenvalue weighted by Crippen LogP contribution is -2.49. The first kappa shape index (κ1) is 18.2. The average molecular weight is 359 g/mol. The van der Waals surface area contributed by atoms with E-state index in [1.165, 1.54) is 0 Å². The third-order valence-corrected chi connectivity index (χ3v) is 4.01. The summed E-state index contributed by atoms with van der Waals surface area (Å²) in [7, 11) is 0. The molecule has 1 aliphatic heterocycles. The van der Waals surface area contributed by atoms with Gasteiger partial charge in [-0.2, -0.15) is 4.98 Å². The molecule has 1 saturated heterocycles. The van der Waals surface area contributed by atoms with E-state index in [4.69, 9.17) is 9.26 Å². The van der Waals surface area contributed by atoms with Gasteiger partial charge < -0.3 is 19.1 Å². The van der Waals surface area contributed by atoms with Crippen LogP contribution >= 0.6 is 0 Å². The van der Waals surface area contributed by atoms with E-state index in [0.29, 0.717) is 44.5 Å². The number of piperazine rings is 1. The lowest BCUT2D eigenvalue weighted by atomic mass is 9.99. The number of carbonyl (C=O) groups excluding carboxylic acids is 1. The number of aromatic nitrogens is 3. The molecule has 3 rings (SSSR count). The van der Waals surface area contributed by atoms with Crippen molar-refractivity contribution in [2.24, 2.45) is 5.41 Å². The molecular formula is C18H25N5O3. The number of anilines is 1. The van der Waals surface area contributed by atoms with Crippen molar-refractivity contribution in [1.82, 2.24) is 20.0 Å². The lowest BCUT2D eigenvalue weighted by Gasteiger charge is -2.35.